The van der Waals surface area contributed by atoms with Crippen molar-refractivity contribution in [2.45, 2.75) is 18.8 Å². The van der Waals surface area contributed by atoms with E-state index in [4.69, 9.17) is 0 Å². The molecule has 4 heteroatoms. The van der Waals surface area contributed by atoms with Crippen molar-refractivity contribution in [3.8, 4) is 0 Å². The van der Waals surface area contributed by atoms with Gasteiger partial charge in [0.25, 0.3) is 0 Å². The van der Waals surface area contributed by atoms with Crippen molar-refractivity contribution in [3.05, 3.63) is 70.8 Å². The molecule has 4 nitrogen and oxygen atoms in total. The summed E-state index contributed by atoms with van der Waals surface area (Å²) in [5, 5.41) is 18.9. The Morgan fingerprint density at radius 1 is 0.818 bits per heavy atom. The van der Waals surface area contributed by atoms with Crippen LogP contribution in [0.4, 0.5) is 0 Å². The van der Waals surface area contributed by atoms with E-state index in [0.29, 0.717) is 0 Å². The van der Waals surface area contributed by atoms with Gasteiger partial charge in [0.05, 0.1) is 0 Å². The number of fused-ring (bicyclic) bond motifs is 2. The maximum atomic E-state index is 11.6. The molecule has 0 atom stereocenters. The Balaban J connectivity index is 2.26. The zero-order valence-electron chi connectivity index (χ0n) is 11.9. The van der Waals surface area contributed by atoms with Gasteiger partial charge in [-0.05, 0) is 35.1 Å². The molecule has 0 heterocycles. The van der Waals surface area contributed by atoms with Crippen LogP contribution >= 0.6 is 0 Å². The molecule has 0 unspecified atom stereocenters. The van der Waals surface area contributed by atoms with Gasteiger partial charge in [-0.15, -0.1) is 0 Å². The Bertz CT molecular complexity index is 674. The second-order valence-electron chi connectivity index (χ2n) is 5.53. The van der Waals surface area contributed by atoms with Gasteiger partial charge in [-0.3, -0.25) is 9.59 Å². The molecule has 1 aliphatic rings. The fourth-order valence-electron chi connectivity index (χ4n) is 3.32. The topological polar surface area (TPSA) is 74.6 Å². The van der Waals surface area contributed by atoms with E-state index in [0.717, 1.165) is 35.1 Å². The molecule has 1 aliphatic carbocycles. The second-order valence-corrected chi connectivity index (χ2v) is 5.53. The largest absolute Gasteiger partial charge is 0.481 e. The molecule has 0 aromatic heterocycles. The first-order chi connectivity index (χ1) is 10.6. The van der Waals surface area contributed by atoms with Crippen molar-refractivity contribution >= 4 is 11.9 Å². The van der Waals surface area contributed by atoms with Crippen LogP contribution in [0, 0.1) is 5.92 Å². The van der Waals surface area contributed by atoms with Crippen molar-refractivity contribution in [3.63, 3.8) is 0 Å². The monoisotopic (exact) mass is 296 g/mol. The predicted octanol–water partition coefficient (Wildman–Crippen LogP) is 2.70. The Hall–Kier alpha value is -2.62. The highest BCUT2D eigenvalue weighted by Gasteiger charge is 2.39. The Kier molecular flexibility index (Phi) is 3.67. The number of rotatable bonds is 3. The summed E-state index contributed by atoms with van der Waals surface area (Å²) in [7, 11) is 0. The lowest BCUT2D eigenvalue weighted by Gasteiger charge is -2.23. The first-order valence-electron chi connectivity index (χ1n) is 7.21. The molecule has 0 radical (unpaired) electrons. The molecule has 0 bridgehead atoms. The number of carbonyl (C=O) groups is 2. The normalized spacial score (nSPS) is 14.0. The van der Waals surface area contributed by atoms with E-state index in [1.165, 1.54) is 0 Å². The van der Waals surface area contributed by atoms with Crippen molar-refractivity contribution < 1.29 is 19.8 Å². The molecule has 2 aromatic rings. The third-order valence-corrected chi connectivity index (χ3v) is 4.31. The first-order valence-corrected chi connectivity index (χ1v) is 7.21. The molecule has 2 N–H and O–H groups in total. The lowest BCUT2D eigenvalue weighted by molar-refractivity contribution is -0.155. The maximum Gasteiger partial charge on any atom is 0.318 e. The van der Waals surface area contributed by atoms with Crippen LogP contribution in [0.2, 0.25) is 0 Å². The van der Waals surface area contributed by atoms with Gasteiger partial charge in [-0.25, -0.2) is 0 Å². The van der Waals surface area contributed by atoms with E-state index in [1.54, 1.807) is 0 Å². The number of hydrogen-bond acceptors (Lipinski definition) is 2. The quantitative estimate of drug-likeness (QED) is 0.854. The van der Waals surface area contributed by atoms with Gasteiger partial charge in [0.15, 0.2) is 5.92 Å². The number of hydrogen-bond donors (Lipinski definition) is 2. The highest BCUT2D eigenvalue weighted by molar-refractivity contribution is 5.95. The van der Waals surface area contributed by atoms with E-state index < -0.39 is 23.8 Å². The van der Waals surface area contributed by atoms with Crippen LogP contribution in [0.3, 0.4) is 0 Å². The maximum absolute atomic E-state index is 11.6. The molecule has 0 saturated carbocycles. The number of benzene rings is 2. The van der Waals surface area contributed by atoms with Crippen molar-refractivity contribution in [1.29, 1.82) is 0 Å². The molecule has 0 spiro atoms. The van der Waals surface area contributed by atoms with Crippen LogP contribution < -0.4 is 0 Å². The highest BCUT2D eigenvalue weighted by atomic mass is 16.4. The summed E-state index contributed by atoms with van der Waals surface area (Å²) >= 11 is 0. The van der Waals surface area contributed by atoms with Crippen LogP contribution in [0.25, 0.3) is 0 Å². The molecule has 0 aliphatic heterocycles. The average Bonchev–Trinajstić information content (AvgIpc) is 2.65. The van der Waals surface area contributed by atoms with E-state index in [9.17, 15) is 19.8 Å². The third-order valence-electron chi connectivity index (χ3n) is 4.31. The summed E-state index contributed by atoms with van der Waals surface area (Å²) < 4.78 is 0. The lowest BCUT2D eigenvalue weighted by Crippen LogP contribution is -2.31. The van der Waals surface area contributed by atoms with Crippen molar-refractivity contribution in [1.82, 2.24) is 0 Å². The van der Waals surface area contributed by atoms with Gasteiger partial charge in [-0.1, -0.05) is 48.5 Å². The zero-order chi connectivity index (χ0) is 15.7. The summed E-state index contributed by atoms with van der Waals surface area (Å²) in [5.74, 6) is -4.75. The SMILES string of the molecule is O=C(O)C(C(=O)O)C1c2ccccc2CCc2ccccc21. The van der Waals surface area contributed by atoms with Crippen LogP contribution in [0.1, 0.15) is 28.2 Å². The highest BCUT2D eigenvalue weighted by Crippen LogP contribution is 2.39. The Morgan fingerprint density at radius 3 is 1.64 bits per heavy atom. The summed E-state index contributed by atoms with van der Waals surface area (Å²) in [4.78, 5) is 23.2. The fraction of sp³-hybridized carbons (Fsp3) is 0.222. The van der Waals surface area contributed by atoms with Crippen molar-refractivity contribution in [2.24, 2.45) is 5.92 Å². The van der Waals surface area contributed by atoms with E-state index in [2.05, 4.69) is 0 Å². The van der Waals surface area contributed by atoms with Crippen LogP contribution in [-0.4, -0.2) is 22.2 Å². The van der Waals surface area contributed by atoms with Gasteiger partial charge in [0.1, 0.15) is 0 Å². The summed E-state index contributed by atoms with van der Waals surface area (Å²) in [6, 6.07) is 15.1. The van der Waals surface area contributed by atoms with E-state index in [-0.39, 0.29) is 0 Å². The van der Waals surface area contributed by atoms with Gasteiger partial charge in [-0.2, -0.15) is 0 Å². The molecule has 3 rings (SSSR count). The lowest BCUT2D eigenvalue weighted by atomic mass is 9.78. The van der Waals surface area contributed by atoms with Crippen LogP contribution in [0.15, 0.2) is 48.5 Å². The van der Waals surface area contributed by atoms with Gasteiger partial charge in [0.2, 0.25) is 0 Å². The molecule has 0 saturated heterocycles. The third kappa shape index (κ3) is 2.37. The second kappa shape index (κ2) is 5.64. The minimum Gasteiger partial charge on any atom is -0.481 e. The minimum atomic E-state index is -1.49. The first kappa shape index (κ1) is 14.3. The van der Waals surface area contributed by atoms with E-state index in [1.807, 2.05) is 48.5 Å². The van der Waals surface area contributed by atoms with Gasteiger partial charge in [0, 0.05) is 5.92 Å². The summed E-state index contributed by atoms with van der Waals surface area (Å²) in [6.07, 6.45) is 1.57. The molecule has 0 amide bonds. The number of carboxylic acids is 2. The number of carboxylic acid groups (broad SMARTS) is 2. The molecular formula is C18H16O4. The predicted molar refractivity (Wildman–Crippen MR) is 80.9 cm³/mol. The number of aryl methyl sites for hydroxylation is 2. The summed E-state index contributed by atoms with van der Waals surface area (Å²) in [5.41, 5.74) is 3.66. The molecule has 2 aromatic carbocycles. The van der Waals surface area contributed by atoms with Crippen LogP contribution in [0.5, 0.6) is 0 Å². The van der Waals surface area contributed by atoms with Crippen molar-refractivity contribution in [2.75, 3.05) is 0 Å². The molecule has 22 heavy (non-hydrogen) atoms. The van der Waals surface area contributed by atoms with Gasteiger partial charge >= 0.3 is 11.9 Å². The smallest absolute Gasteiger partial charge is 0.318 e. The fourth-order valence-corrected chi connectivity index (χ4v) is 3.32. The van der Waals surface area contributed by atoms with E-state index >= 15 is 0 Å². The Morgan fingerprint density at radius 2 is 1.23 bits per heavy atom. The van der Waals surface area contributed by atoms with Crippen LogP contribution in [-0.2, 0) is 22.4 Å². The molecule has 112 valence electrons. The minimum absolute atomic E-state index is 0.662. The zero-order valence-corrected chi connectivity index (χ0v) is 11.9. The summed E-state index contributed by atoms with van der Waals surface area (Å²) in [6.45, 7) is 0. The van der Waals surface area contributed by atoms with Gasteiger partial charge < -0.3 is 10.2 Å². The Labute approximate surface area is 128 Å². The number of aliphatic carboxylic acids is 2. The molecular weight excluding hydrogens is 280 g/mol. The standard InChI is InChI=1S/C18H16O4/c19-17(20)16(18(21)22)15-13-7-3-1-5-11(13)9-10-12-6-2-4-8-14(12)15/h1-8,15-16H,9-10H2,(H,19,20)(H,21,22). The molecule has 0 fully saturated rings. The average molecular weight is 296 g/mol.